The van der Waals surface area contributed by atoms with Crippen LogP contribution in [0.1, 0.15) is 53.6 Å². The fourth-order valence-electron chi connectivity index (χ4n) is 4.21. The Bertz CT molecular complexity index is 970. The zero-order valence-corrected chi connectivity index (χ0v) is 16.9. The Morgan fingerprint density at radius 3 is 2.66 bits per heavy atom. The van der Waals surface area contributed by atoms with Gasteiger partial charge in [0.25, 0.3) is 5.91 Å². The number of amides is 1. The molecule has 1 aromatic carbocycles. The summed E-state index contributed by atoms with van der Waals surface area (Å²) in [6, 6.07) is 9.81. The predicted molar refractivity (Wildman–Crippen MR) is 111 cm³/mol. The smallest absolute Gasteiger partial charge is 0.257 e. The molecule has 1 aliphatic rings. The van der Waals surface area contributed by atoms with Crippen molar-refractivity contribution in [3.05, 3.63) is 59.8 Å². The number of hydrogen-bond donors (Lipinski definition) is 2. The number of hydrogen-bond acceptors (Lipinski definition) is 4. The zero-order chi connectivity index (χ0) is 20.4. The normalized spacial score (nSPS) is 16.2. The van der Waals surface area contributed by atoms with Crippen molar-refractivity contribution in [3.8, 4) is 11.3 Å². The first-order chi connectivity index (χ1) is 14.1. The fourth-order valence-corrected chi connectivity index (χ4v) is 4.21. The lowest BCUT2D eigenvalue weighted by Crippen LogP contribution is -2.38. The summed E-state index contributed by atoms with van der Waals surface area (Å²) < 4.78 is 2.13. The van der Waals surface area contributed by atoms with Crippen LogP contribution in [0.4, 0.5) is 0 Å². The maximum absolute atomic E-state index is 13.1. The third-order valence-corrected chi connectivity index (χ3v) is 5.79. The van der Waals surface area contributed by atoms with E-state index in [-0.39, 0.29) is 18.6 Å². The molecular formula is C22H27N5O2. The number of aliphatic hydroxyl groups excluding tert-OH is 1. The molecule has 1 atom stereocenters. The molecule has 3 aromatic rings. The molecule has 7 heteroatoms. The molecule has 4 rings (SSSR count). The molecule has 0 bridgehead atoms. The van der Waals surface area contributed by atoms with Crippen LogP contribution in [0.15, 0.2) is 42.7 Å². The van der Waals surface area contributed by atoms with Crippen LogP contribution in [0.25, 0.3) is 11.3 Å². The molecule has 1 fully saturated rings. The number of nitrogens with one attached hydrogen (secondary N) is 1. The maximum Gasteiger partial charge on any atom is 0.257 e. The molecule has 7 nitrogen and oxygen atoms in total. The SMILES string of the molecule is Cc1cnc(C2CCN(C(=O)c3cn[nH]c3-c3ccccc3)CC2)n1[C@H](C)CO. The summed E-state index contributed by atoms with van der Waals surface area (Å²) in [5.41, 5.74) is 3.39. The van der Waals surface area contributed by atoms with E-state index in [1.807, 2.05) is 55.3 Å². The number of aryl methyl sites for hydroxylation is 1. The van der Waals surface area contributed by atoms with Gasteiger partial charge in [0.1, 0.15) is 5.82 Å². The number of imidazole rings is 1. The summed E-state index contributed by atoms with van der Waals surface area (Å²) >= 11 is 0. The molecule has 1 amide bonds. The summed E-state index contributed by atoms with van der Waals surface area (Å²) in [6.45, 7) is 5.47. The van der Waals surface area contributed by atoms with Crippen LogP contribution in [0.5, 0.6) is 0 Å². The Kier molecular flexibility index (Phi) is 5.49. The molecule has 0 saturated carbocycles. The molecule has 0 aliphatic carbocycles. The second-order valence-corrected chi connectivity index (χ2v) is 7.75. The lowest BCUT2D eigenvalue weighted by molar-refractivity contribution is 0.0710. The molecule has 1 aliphatic heterocycles. The number of aromatic amines is 1. The van der Waals surface area contributed by atoms with E-state index in [0.29, 0.717) is 24.6 Å². The van der Waals surface area contributed by atoms with Crippen molar-refractivity contribution in [2.24, 2.45) is 0 Å². The Labute approximate surface area is 170 Å². The van der Waals surface area contributed by atoms with E-state index in [0.717, 1.165) is 35.6 Å². The molecule has 2 N–H and O–H groups in total. The van der Waals surface area contributed by atoms with E-state index >= 15 is 0 Å². The van der Waals surface area contributed by atoms with Crippen molar-refractivity contribution in [2.75, 3.05) is 19.7 Å². The summed E-state index contributed by atoms with van der Waals surface area (Å²) in [6.07, 6.45) is 5.21. The highest BCUT2D eigenvalue weighted by Crippen LogP contribution is 2.31. The first-order valence-electron chi connectivity index (χ1n) is 10.1. The lowest BCUT2D eigenvalue weighted by atomic mass is 9.95. The van der Waals surface area contributed by atoms with Crippen LogP contribution in [-0.2, 0) is 0 Å². The van der Waals surface area contributed by atoms with Crippen LogP contribution in [0.3, 0.4) is 0 Å². The van der Waals surface area contributed by atoms with Gasteiger partial charge < -0.3 is 14.6 Å². The van der Waals surface area contributed by atoms with Gasteiger partial charge in [0, 0.05) is 36.5 Å². The van der Waals surface area contributed by atoms with E-state index in [2.05, 4.69) is 19.7 Å². The van der Waals surface area contributed by atoms with Crippen molar-refractivity contribution in [1.29, 1.82) is 0 Å². The molecule has 0 spiro atoms. The molecule has 3 heterocycles. The molecule has 0 unspecified atom stereocenters. The number of rotatable bonds is 5. The minimum Gasteiger partial charge on any atom is -0.394 e. The number of piperidine rings is 1. The van der Waals surface area contributed by atoms with Crippen molar-refractivity contribution in [3.63, 3.8) is 0 Å². The van der Waals surface area contributed by atoms with Gasteiger partial charge in [0.15, 0.2) is 0 Å². The van der Waals surface area contributed by atoms with E-state index in [1.165, 1.54) is 0 Å². The van der Waals surface area contributed by atoms with Gasteiger partial charge in [0.05, 0.1) is 30.1 Å². The summed E-state index contributed by atoms with van der Waals surface area (Å²) in [5.74, 6) is 1.32. The number of nitrogens with zero attached hydrogens (tertiary/aromatic N) is 4. The summed E-state index contributed by atoms with van der Waals surface area (Å²) in [5, 5.41) is 16.7. The Balaban J connectivity index is 1.48. The first kappa shape index (κ1) is 19.4. The highest BCUT2D eigenvalue weighted by atomic mass is 16.3. The van der Waals surface area contributed by atoms with Crippen molar-refractivity contribution in [2.45, 2.75) is 38.6 Å². The quantitative estimate of drug-likeness (QED) is 0.697. The third-order valence-electron chi connectivity index (χ3n) is 5.79. The monoisotopic (exact) mass is 393 g/mol. The van der Waals surface area contributed by atoms with Gasteiger partial charge >= 0.3 is 0 Å². The first-order valence-corrected chi connectivity index (χ1v) is 10.1. The molecule has 152 valence electrons. The van der Waals surface area contributed by atoms with E-state index in [4.69, 9.17) is 0 Å². The van der Waals surface area contributed by atoms with Gasteiger partial charge in [-0.1, -0.05) is 30.3 Å². The highest BCUT2D eigenvalue weighted by Gasteiger charge is 2.29. The van der Waals surface area contributed by atoms with Crippen molar-refractivity contribution >= 4 is 5.91 Å². The van der Waals surface area contributed by atoms with Crippen molar-refractivity contribution < 1.29 is 9.90 Å². The van der Waals surface area contributed by atoms with Crippen LogP contribution >= 0.6 is 0 Å². The lowest BCUT2D eigenvalue weighted by Gasteiger charge is -2.32. The highest BCUT2D eigenvalue weighted by molar-refractivity contribution is 5.99. The predicted octanol–water partition coefficient (Wildman–Crippen LogP) is 3.15. The van der Waals surface area contributed by atoms with Gasteiger partial charge in [-0.2, -0.15) is 5.10 Å². The van der Waals surface area contributed by atoms with E-state index < -0.39 is 0 Å². The average Bonchev–Trinajstić information content (AvgIpc) is 3.40. The molecule has 1 saturated heterocycles. The zero-order valence-electron chi connectivity index (χ0n) is 16.9. The maximum atomic E-state index is 13.1. The Hall–Kier alpha value is -2.93. The third kappa shape index (κ3) is 3.70. The van der Waals surface area contributed by atoms with Gasteiger partial charge in [-0.25, -0.2) is 4.98 Å². The molecule has 2 aromatic heterocycles. The molecular weight excluding hydrogens is 366 g/mol. The summed E-state index contributed by atoms with van der Waals surface area (Å²) in [4.78, 5) is 19.7. The number of aliphatic hydroxyl groups is 1. The minimum atomic E-state index is 0.00604. The van der Waals surface area contributed by atoms with E-state index in [1.54, 1.807) is 6.20 Å². The Morgan fingerprint density at radius 2 is 1.97 bits per heavy atom. The van der Waals surface area contributed by atoms with Gasteiger partial charge in [0.2, 0.25) is 0 Å². The van der Waals surface area contributed by atoms with Gasteiger partial charge in [-0.05, 0) is 26.7 Å². The van der Waals surface area contributed by atoms with Crippen molar-refractivity contribution in [1.82, 2.24) is 24.6 Å². The largest absolute Gasteiger partial charge is 0.394 e. The number of carbonyl (C=O) groups excluding carboxylic acids is 1. The average molecular weight is 393 g/mol. The topological polar surface area (TPSA) is 87.0 Å². The summed E-state index contributed by atoms with van der Waals surface area (Å²) in [7, 11) is 0. The van der Waals surface area contributed by atoms with Crippen LogP contribution < -0.4 is 0 Å². The van der Waals surface area contributed by atoms with Crippen LogP contribution in [-0.4, -0.2) is 55.4 Å². The molecule has 0 radical (unpaired) electrons. The van der Waals surface area contributed by atoms with Gasteiger partial charge in [-0.3, -0.25) is 9.89 Å². The number of aromatic nitrogens is 4. The van der Waals surface area contributed by atoms with Crippen LogP contribution in [0, 0.1) is 6.92 Å². The second kappa shape index (κ2) is 8.21. The van der Waals surface area contributed by atoms with Gasteiger partial charge in [-0.15, -0.1) is 0 Å². The second-order valence-electron chi connectivity index (χ2n) is 7.75. The minimum absolute atomic E-state index is 0.00604. The van der Waals surface area contributed by atoms with Crippen LogP contribution in [0.2, 0.25) is 0 Å². The number of benzene rings is 1. The number of carbonyl (C=O) groups is 1. The number of H-pyrrole nitrogens is 1. The molecule has 29 heavy (non-hydrogen) atoms. The number of likely N-dealkylation sites (tertiary alicyclic amines) is 1. The Morgan fingerprint density at radius 1 is 1.24 bits per heavy atom. The standard InChI is InChI=1S/C22H27N5O2/c1-15-12-23-21(27(15)16(2)14-28)18-8-10-26(11-9-18)22(29)19-13-24-25-20(19)17-6-4-3-5-7-17/h3-7,12-13,16,18,28H,8-11,14H2,1-2H3,(H,24,25)/t16-/m1/s1. The fraction of sp³-hybridized carbons (Fsp3) is 0.409. The van der Waals surface area contributed by atoms with E-state index in [9.17, 15) is 9.90 Å².